The monoisotopic (exact) mass is 341 g/mol. The van der Waals surface area contributed by atoms with Crippen LogP contribution in [0.15, 0.2) is 30.3 Å². The van der Waals surface area contributed by atoms with E-state index in [0.717, 1.165) is 19.3 Å². The highest BCUT2D eigenvalue weighted by Crippen LogP contribution is 2.55. The highest BCUT2D eigenvalue weighted by atomic mass is 16.6. The Morgan fingerprint density at radius 1 is 1.08 bits per heavy atom. The Kier molecular flexibility index (Phi) is 4.10. The average molecular weight is 341 g/mol. The lowest BCUT2D eigenvalue weighted by molar-refractivity contribution is -0.189. The maximum atomic E-state index is 12.3. The molecule has 4 aliphatic rings. The van der Waals surface area contributed by atoms with Gasteiger partial charge in [-0.2, -0.15) is 0 Å². The molecule has 4 atom stereocenters. The molecule has 1 aromatic rings. The van der Waals surface area contributed by atoms with Crippen molar-refractivity contribution in [3.8, 4) is 0 Å². The predicted molar refractivity (Wildman–Crippen MR) is 90.8 cm³/mol. The normalized spacial score (nSPS) is 32.5. The lowest BCUT2D eigenvalue weighted by atomic mass is 9.53. The van der Waals surface area contributed by atoms with Crippen molar-refractivity contribution in [2.45, 2.75) is 44.1 Å². The van der Waals surface area contributed by atoms with Gasteiger partial charge < -0.3 is 10.1 Å². The number of Topliss-reactive ketones (excluding diaryl/α,β-unsaturated/α-hetero) is 1. The summed E-state index contributed by atoms with van der Waals surface area (Å²) in [6.07, 6.45) is 4.40. The Morgan fingerprint density at radius 3 is 2.44 bits per heavy atom. The number of benzene rings is 1. The fraction of sp³-hybridized carbons (Fsp3) is 0.550. The Labute approximate surface area is 147 Å². The fourth-order valence-corrected chi connectivity index (χ4v) is 5.06. The molecule has 0 radical (unpaired) electrons. The van der Waals surface area contributed by atoms with Gasteiger partial charge in [-0.1, -0.05) is 18.2 Å². The molecule has 25 heavy (non-hydrogen) atoms. The minimum Gasteiger partial charge on any atom is -0.459 e. The van der Waals surface area contributed by atoms with Crippen molar-refractivity contribution in [1.82, 2.24) is 5.32 Å². The van der Waals surface area contributed by atoms with E-state index in [-0.39, 0.29) is 36.7 Å². The maximum absolute atomic E-state index is 12.3. The smallest absolute Gasteiger partial charge is 0.308 e. The minimum absolute atomic E-state index is 0.0943. The zero-order valence-corrected chi connectivity index (χ0v) is 14.2. The van der Waals surface area contributed by atoms with Crippen molar-refractivity contribution in [2.75, 3.05) is 6.54 Å². The van der Waals surface area contributed by atoms with Gasteiger partial charge in [0.1, 0.15) is 11.4 Å². The largest absolute Gasteiger partial charge is 0.459 e. The van der Waals surface area contributed by atoms with E-state index in [1.807, 2.05) is 6.07 Å². The molecule has 1 aromatic carbocycles. The molecule has 1 N–H and O–H groups in total. The summed E-state index contributed by atoms with van der Waals surface area (Å²) >= 11 is 0. The van der Waals surface area contributed by atoms with Gasteiger partial charge in [0, 0.05) is 23.9 Å². The molecule has 4 aliphatic carbocycles. The number of hydrogen-bond acceptors (Lipinski definition) is 4. The molecule has 5 heteroatoms. The number of carbonyl (C=O) groups excluding carboxylic acids is 3. The van der Waals surface area contributed by atoms with Crippen LogP contribution in [0.1, 0.15) is 48.9 Å². The number of ketones is 1. The Morgan fingerprint density at radius 2 is 1.76 bits per heavy atom. The molecule has 0 aliphatic heterocycles. The van der Waals surface area contributed by atoms with Crippen LogP contribution in [0.4, 0.5) is 0 Å². The van der Waals surface area contributed by atoms with Gasteiger partial charge in [-0.15, -0.1) is 0 Å². The standard InChI is InChI=1S/C20H23NO4/c22-17(6-7-21-19(24)14-4-2-1-3-5-14)25-20-10-13-8-15(11-20)18(23)16(9-13)12-20/h1-5,13,15-16H,6-12H2,(H,21,24)/t13?,15-,16+,20?. The van der Waals surface area contributed by atoms with Crippen molar-refractivity contribution in [1.29, 1.82) is 0 Å². The van der Waals surface area contributed by atoms with Crippen molar-refractivity contribution < 1.29 is 19.1 Å². The van der Waals surface area contributed by atoms with Gasteiger partial charge >= 0.3 is 5.97 Å². The van der Waals surface area contributed by atoms with Crippen LogP contribution in [-0.2, 0) is 14.3 Å². The number of ether oxygens (including phenoxy) is 1. The molecule has 0 heterocycles. The average Bonchev–Trinajstić information content (AvgIpc) is 2.59. The van der Waals surface area contributed by atoms with Crippen LogP contribution in [-0.4, -0.2) is 29.8 Å². The van der Waals surface area contributed by atoms with Crippen LogP contribution in [0.3, 0.4) is 0 Å². The van der Waals surface area contributed by atoms with E-state index in [1.54, 1.807) is 24.3 Å². The highest BCUT2D eigenvalue weighted by molar-refractivity contribution is 5.94. The third kappa shape index (κ3) is 3.20. The molecule has 0 aromatic heterocycles. The second-order valence-corrected chi connectivity index (χ2v) is 7.78. The number of nitrogens with one attached hydrogen (secondary N) is 1. The summed E-state index contributed by atoms with van der Waals surface area (Å²) in [6.45, 7) is 0.262. The molecule has 5 nitrogen and oxygen atoms in total. The van der Waals surface area contributed by atoms with E-state index in [0.29, 0.717) is 30.1 Å². The molecule has 4 fully saturated rings. The van der Waals surface area contributed by atoms with E-state index >= 15 is 0 Å². The van der Waals surface area contributed by atoms with E-state index in [9.17, 15) is 14.4 Å². The number of amides is 1. The van der Waals surface area contributed by atoms with E-state index in [1.165, 1.54) is 0 Å². The highest BCUT2D eigenvalue weighted by Gasteiger charge is 2.57. The van der Waals surface area contributed by atoms with Gasteiger partial charge in [-0.05, 0) is 50.2 Å². The summed E-state index contributed by atoms with van der Waals surface area (Å²) in [6, 6.07) is 8.93. The number of esters is 1. The van der Waals surface area contributed by atoms with Crippen LogP contribution in [0.2, 0.25) is 0 Å². The first-order valence-electron chi connectivity index (χ1n) is 9.13. The minimum atomic E-state index is -0.426. The van der Waals surface area contributed by atoms with Crippen LogP contribution < -0.4 is 5.32 Å². The Hall–Kier alpha value is -2.17. The molecule has 132 valence electrons. The van der Waals surface area contributed by atoms with Crippen LogP contribution in [0.25, 0.3) is 0 Å². The molecule has 0 spiro atoms. The van der Waals surface area contributed by atoms with Gasteiger partial charge in [-0.3, -0.25) is 14.4 Å². The molecule has 4 bridgehead atoms. The third-order valence-corrected chi connectivity index (χ3v) is 5.92. The van der Waals surface area contributed by atoms with Gasteiger partial charge in [0.05, 0.1) is 6.42 Å². The van der Waals surface area contributed by atoms with Gasteiger partial charge in [0.2, 0.25) is 0 Å². The Bertz CT molecular complexity index is 681. The summed E-state index contributed by atoms with van der Waals surface area (Å²) in [4.78, 5) is 36.4. The molecule has 1 amide bonds. The summed E-state index contributed by atoms with van der Waals surface area (Å²) in [5.74, 6) is 0.642. The first-order valence-corrected chi connectivity index (χ1v) is 9.13. The lowest BCUT2D eigenvalue weighted by Gasteiger charge is -2.54. The van der Waals surface area contributed by atoms with Crippen LogP contribution >= 0.6 is 0 Å². The summed E-state index contributed by atoms with van der Waals surface area (Å²) < 4.78 is 5.84. The van der Waals surface area contributed by atoms with Crippen LogP contribution in [0, 0.1) is 17.8 Å². The second-order valence-electron chi connectivity index (χ2n) is 7.78. The van der Waals surface area contributed by atoms with Gasteiger partial charge in [0.25, 0.3) is 5.91 Å². The maximum Gasteiger partial charge on any atom is 0.308 e. The predicted octanol–water partition coefficient (Wildman–Crippen LogP) is 2.50. The molecule has 4 saturated carbocycles. The van der Waals surface area contributed by atoms with E-state index < -0.39 is 5.60 Å². The summed E-state index contributed by atoms with van der Waals surface area (Å²) in [7, 11) is 0. The molecule has 2 unspecified atom stereocenters. The number of carbonyl (C=O) groups is 3. The summed E-state index contributed by atoms with van der Waals surface area (Å²) in [5.41, 5.74) is 0.153. The fourth-order valence-electron chi connectivity index (χ4n) is 5.06. The van der Waals surface area contributed by atoms with Crippen molar-refractivity contribution >= 4 is 17.7 Å². The SMILES string of the molecule is O=C(CCNC(=O)c1ccccc1)OC12CC3C[C@H](C1)C(=O)[C@@H](C3)C2. The summed E-state index contributed by atoms with van der Waals surface area (Å²) in [5, 5.41) is 2.75. The van der Waals surface area contributed by atoms with E-state index in [2.05, 4.69) is 5.32 Å². The third-order valence-electron chi connectivity index (χ3n) is 5.92. The zero-order chi connectivity index (χ0) is 17.4. The lowest BCUT2D eigenvalue weighted by Crippen LogP contribution is -2.56. The quantitative estimate of drug-likeness (QED) is 0.835. The van der Waals surface area contributed by atoms with Crippen molar-refractivity contribution in [2.24, 2.45) is 17.8 Å². The van der Waals surface area contributed by atoms with Gasteiger partial charge in [-0.25, -0.2) is 0 Å². The first-order chi connectivity index (χ1) is 12.0. The topological polar surface area (TPSA) is 72.5 Å². The van der Waals surface area contributed by atoms with Crippen molar-refractivity contribution in [3.05, 3.63) is 35.9 Å². The van der Waals surface area contributed by atoms with Crippen LogP contribution in [0.5, 0.6) is 0 Å². The Balaban J connectivity index is 1.28. The molecular formula is C20H23NO4. The second kappa shape index (κ2) is 6.28. The van der Waals surface area contributed by atoms with Crippen molar-refractivity contribution in [3.63, 3.8) is 0 Å². The first kappa shape index (κ1) is 16.3. The molecule has 5 rings (SSSR count). The number of hydrogen-bond donors (Lipinski definition) is 1. The molecule has 0 saturated heterocycles. The zero-order valence-electron chi connectivity index (χ0n) is 14.2. The van der Waals surface area contributed by atoms with Gasteiger partial charge in [0.15, 0.2) is 0 Å². The van der Waals surface area contributed by atoms with E-state index in [4.69, 9.17) is 4.74 Å². The molecular weight excluding hydrogens is 318 g/mol. The number of rotatable bonds is 5.